The lowest BCUT2D eigenvalue weighted by Gasteiger charge is -2.03. The fourth-order valence-electron chi connectivity index (χ4n) is 1.33. The highest BCUT2D eigenvalue weighted by Crippen LogP contribution is 2.28. The summed E-state index contributed by atoms with van der Waals surface area (Å²) in [6.07, 6.45) is 0.832. The van der Waals surface area contributed by atoms with Gasteiger partial charge in [-0.1, -0.05) is 0 Å². The van der Waals surface area contributed by atoms with Crippen LogP contribution in [0.4, 0.5) is 5.00 Å². The van der Waals surface area contributed by atoms with Crippen LogP contribution in [0.15, 0.2) is 17.8 Å². The Labute approximate surface area is 118 Å². The van der Waals surface area contributed by atoms with Crippen LogP contribution in [0.5, 0.6) is 0 Å². The minimum atomic E-state index is -1.57. The maximum atomic E-state index is 11.7. The largest absolute Gasteiger partial charge is 0.477 e. The van der Waals surface area contributed by atoms with Crippen LogP contribution in [0, 0.1) is 6.92 Å². The zero-order valence-corrected chi connectivity index (χ0v) is 11.6. The van der Waals surface area contributed by atoms with E-state index in [9.17, 15) is 14.4 Å². The predicted octanol–water partition coefficient (Wildman–Crippen LogP) is 1.70. The molecule has 1 aromatic heterocycles. The topological polar surface area (TPSA) is 113 Å². The summed E-state index contributed by atoms with van der Waals surface area (Å²) in [6, 6.07) is 1.58. The summed E-state index contributed by atoms with van der Waals surface area (Å²) in [7, 11) is 0. The van der Waals surface area contributed by atoms with Crippen LogP contribution in [0.2, 0.25) is 0 Å². The molecule has 0 aliphatic carbocycles. The molecule has 0 aromatic carbocycles. The highest BCUT2D eigenvalue weighted by molar-refractivity contribution is 7.16. The summed E-state index contributed by atoms with van der Waals surface area (Å²) < 4.78 is 4.86. The number of rotatable bonds is 6. The van der Waals surface area contributed by atoms with Gasteiger partial charge in [-0.25, -0.2) is 14.4 Å². The van der Waals surface area contributed by atoms with E-state index >= 15 is 0 Å². The average Bonchev–Trinajstić information content (AvgIpc) is 2.70. The molecule has 0 amide bonds. The minimum absolute atomic E-state index is 0.207. The van der Waals surface area contributed by atoms with Crippen LogP contribution in [0.3, 0.4) is 0 Å². The van der Waals surface area contributed by atoms with Crippen molar-refractivity contribution in [1.82, 2.24) is 0 Å². The van der Waals surface area contributed by atoms with E-state index in [0.29, 0.717) is 5.00 Å². The van der Waals surface area contributed by atoms with Crippen LogP contribution >= 0.6 is 11.3 Å². The molecule has 0 saturated heterocycles. The molecule has 1 rings (SSSR count). The number of thiophene rings is 1. The summed E-state index contributed by atoms with van der Waals surface area (Å²) >= 11 is 1.19. The number of carbonyl (C=O) groups is 3. The summed E-state index contributed by atoms with van der Waals surface area (Å²) in [5.41, 5.74) is -0.591. The number of carboxylic acids is 2. The molecule has 0 aliphatic rings. The molecule has 20 heavy (non-hydrogen) atoms. The molecule has 0 spiro atoms. The number of esters is 1. The Kier molecular flexibility index (Phi) is 5.27. The Hall–Kier alpha value is -2.35. The maximum absolute atomic E-state index is 11.7. The van der Waals surface area contributed by atoms with E-state index in [1.807, 2.05) is 0 Å². The van der Waals surface area contributed by atoms with Crippen molar-refractivity contribution in [2.45, 2.75) is 13.8 Å². The maximum Gasteiger partial charge on any atom is 0.344 e. The minimum Gasteiger partial charge on any atom is -0.477 e. The number of ether oxygens (including phenoxy) is 1. The molecule has 0 saturated carbocycles. The molecular formula is C12H13NO6S. The van der Waals surface area contributed by atoms with Crippen LogP contribution in [0.1, 0.15) is 22.2 Å². The lowest BCUT2D eigenvalue weighted by Crippen LogP contribution is -2.13. The SMILES string of the molecule is CCOC(=O)c1cc(C)sc1NC=C(C(=O)O)C(=O)O. The number of hydrogen-bond donors (Lipinski definition) is 3. The molecule has 0 bridgehead atoms. The molecule has 1 aromatic rings. The zero-order valence-electron chi connectivity index (χ0n) is 10.8. The van der Waals surface area contributed by atoms with Crippen molar-refractivity contribution in [2.24, 2.45) is 0 Å². The van der Waals surface area contributed by atoms with E-state index in [1.165, 1.54) is 11.3 Å². The first-order valence-corrected chi connectivity index (χ1v) is 6.39. The molecule has 0 atom stereocenters. The Morgan fingerprint density at radius 1 is 1.35 bits per heavy atom. The van der Waals surface area contributed by atoms with E-state index in [1.54, 1.807) is 19.9 Å². The first-order chi connectivity index (χ1) is 9.36. The van der Waals surface area contributed by atoms with Crippen molar-refractivity contribution < 1.29 is 29.3 Å². The van der Waals surface area contributed by atoms with Crippen molar-refractivity contribution in [3.05, 3.63) is 28.3 Å². The Bertz CT molecular complexity index is 559. The third kappa shape index (κ3) is 3.82. The summed E-state index contributed by atoms with van der Waals surface area (Å²) in [4.78, 5) is 33.9. The standard InChI is InChI=1S/C12H13NO6S/c1-3-19-12(18)7-4-6(2)20-9(7)13-5-8(10(14)15)11(16)17/h4-5,13H,3H2,1-2H3,(H,14,15)(H,16,17). The summed E-state index contributed by atoms with van der Waals surface area (Å²) in [6.45, 7) is 3.63. The first-order valence-electron chi connectivity index (χ1n) is 5.57. The van der Waals surface area contributed by atoms with E-state index in [4.69, 9.17) is 14.9 Å². The van der Waals surface area contributed by atoms with Gasteiger partial charge in [-0.05, 0) is 19.9 Å². The lowest BCUT2D eigenvalue weighted by molar-refractivity contribution is -0.140. The Morgan fingerprint density at radius 2 is 1.95 bits per heavy atom. The van der Waals surface area contributed by atoms with Gasteiger partial charge in [0.15, 0.2) is 5.57 Å². The zero-order chi connectivity index (χ0) is 15.3. The molecule has 7 nitrogen and oxygen atoms in total. The van der Waals surface area contributed by atoms with Crippen LogP contribution in [-0.2, 0) is 14.3 Å². The second-order valence-corrected chi connectivity index (χ2v) is 4.89. The molecule has 3 N–H and O–H groups in total. The number of anilines is 1. The average molecular weight is 299 g/mol. The number of hydrogen-bond acceptors (Lipinski definition) is 6. The molecule has 0 unspecified atom stereocenters. The van der Waals surface area contributed by atoms with Gasteiger partial charge < -0.3 is 20.3 Å². The number of aliphatic carboxylic acids is 2. The smallest absolute Gasteiger partial charge is 0.344 e. The molecule has 1 heterocycles. The quantitative estimate of drug-likeness (QED) is 0.317. The third-order valence-electron chi connectivity index (χ3n) is 2.16. The van der Waals surface area contributed by atoms with Crippen molar-refractivity contribution >= 4 is 34.2 Å². The fourth-order valence-corrected chi connectivity index (χ4v) is 2.20. The number of nitrogens with one attached hydrogen (secondary N) is 1. The van der Waals surface area contributed by atoms with Crippen molar-refractivity contribution in [1.29, 1.82) is 0 Å². The van der Waals surface area contributed by atoms with Gasteiger partial charge in [-0.15, -0.1) is 11.3 Å². The molecule has 0 fully saturated rings. The number of carboxylic acid groups (broad SMARTS) is 2. The number of carbonyl (C=O) groups excluding carboxylic acids is 1. The van der Waals surface area contributed by atoms with E-state index in [0.717, 1.165) is 11.1 Å². The fraction of sp³-hybridized carbons (Fsp3) is 0.250. The first kappa shape index (κ1) is 15.7. The van der Waals surface area contributed by atoms with Gasteiger partial charge in [0.25, 0.3) is 0 Å². The highest BCUT2D eigenvalue weighted by Gasteiger charge is 2.18. The van der Waals surface area contributed by atoms with Gasteiger partial charge in [-0.3, -0.25) is 0 Å². The predicted molar refractivity (Wildman–Crippen MR) is 72.0 cm³/mol. The van der Waals surface area contributed by atoms with Crippen molar-refractivity contribution in [2.75, 3.05) is 11.9 Å². The van der Waals surface area contributed by atoms with Gasteiger partial charge in [0.2, 0.25) is 0 Å². The normalized spacial score (nSPS) is 9.70. The van der Waals surface area contributed by atoms with E-state index in [2.05, 4.69) is 5.32 Å². The van der Waals surface area contributed by atoms with Crippen molar-refractivity contribution in [3.8, 4) is 0 Å². The molecule has 108 valence electrons. The van der Waals surface area contributed by atoms with Gasteiger partial charge in [0.05, 0.1) is 12.2 Å². The van der Waals surface area contributed by atoms with Crippen LogP contribution in [0.25, 0.3) is 0 Å². The molecule has 0 aliphatic heterocycles. The Morgan fingerprint density at radius 3 is 2.45 bits per heavy atom. The molecule has 8 heteroatoms. The Balaban J connectivity index is 3.03. The second kappa shape index (κ2) is 6.71. The highest BCUT2D eigenvalue weighted by atomic mass is 32.1. The molecular weight excluding hydrogens is 286 g/mol. The summed E-state index contributed by atoms with van der Waals surface area (Å²) in [5.74, 6) is -3.70. The lowest BCUT2D eigenvalue weighted by atomic mass is 10.3. The molecule has 0 radical (unpaired) electrons. The monoisotopic (exact) mass is 299 g/mol. The van der Waals surface area contributed by atoms with Gasteiger partial charge >= 0.3 is 17.9 Å². The van der Waals surface area contributed by atoms with Gasteiger partial charge in [0, 0.05) is 11.1 Å². The third-order valence-corrected chi connectivity index (χ3v) is 3.14. The van der Waals surface area contributed by atoms with Crippen LogP contribution < -0.4 is 5.32 Å². The second-order valence-electron chi connectivity index (χ2n) is 3.63. The van der Waals surface area contributed by atoms with E-state index in [-0.39, 0.29) is 12.2 Å². The van der Waals surface area contributed by atoms with Gasteiger partial charge in [-0.2, -0.15) is 0 Å². The van der Waals surface area contributed by atoms with Gasteiger partial charge in [0.1, 0.15) is 5.00 Å². The van der Waals surface area contributed by atoms with E-state index < -0.39 is 23.5 Å². The summed E-state index contributed by atoms with van der Waals surface area (Å²) in [5, 5.41) is 20.3. The van der Waals surface area contributed by atoms with Crippen LogP contribution in [-0.4, -0.2) is 34.7 Å². The van der Waals surface area contributed by atoms with Crippen molar-refractivity contribution in [3.63, 3.8) is 0 Å². The number of aryl methyl sites for hydroxylation is 1.